The van der Waals surface area contributed by atoms with Crippen LogP contribution >= 0.6 is 11.3 Å². The van der Waals surface area contributed by atoms with Gasteiger partial charge in [-0.2, -0.15) is 0 Å². The van der Waals surface area contributed by atoms with Gasteiger partial charge in [-0.1, -0.05) is 18.2 Å². The van der Waals surface area contributed by atoms with E-state index in [4.69, 9.17) is 5.73 Å². The van der Waals surface area contributed by atoms with Crippen molar-refractivity contribution in [3.8, 4) is 0 Å². The molecule has 0 spiro atoms. The Kier molecular flexibility index (Phi) is 2.67. The zero-order valence-corrected chi connectivity index (χ0v) is 10.0. The summed E-state index contributed by atoms with van der Waals surface area (Å²) >= 11 is 1.82. The number of hydrogen-bond acceptors (Lipinski definition) is 3. The third-order valence-electron chi connectivity index (χ3n) is 3.14. The molecule has 0 bridgehead atoms. The number of nitrogens with one attached hydrogen (secondary N) is 1. The highest BCUT2D eigenvalue weighted by molar-refractivity contribution is 7.17. The monoisotopic (exact) mass is 232 g/mol. The molecule has 1 fully saturated rings. The lowest BCUT2D eigenvalue weighted by molar-refractivity contribution is 0.692. The minimum absolute atomic E-state index is 0.632. The van der Waals surface area contributed by atoms with Crippen molar-refractivity contribution in [3.05, 3.63) is 34.7 Å². The van der Waals surface area contributed by atoms with E-state index in [0.717, 1.165) is 12.6 Å². The topological polar surface area (TPSA) is 38.0 Å². The van der Waals surface area contributed by atoms with Gasteiger partial charge in [0.2, 0.25) is 0 Å². The molecule has 0 radical (unpaired) electrons. The van der Waals surface area contributed by atoms with Crippen LogP contribution in [-0.4, -0.2) is 6.04 Å². The number of thiophene rings is 1. The fourth-order valence-electron chi connectivity index (χ4n) is 2.01. The molecule has 0 amide bonds. The number of fused-ring (bicyclic) bond motifs is 1. The second kappa shape index (κ2) is 4.17. The van der Waals surface area contributed by atoms with Crippen LogP contribution in [0.3, 0.4) is 0 Å². The van der Waals surface area contributed by atoms with Gasteiger partial charge in [-0.3, -0.25) is 0 Å². The minimum atomic E-state index is 0.632. The molecule has 2 nitrogen and oxygen atoms in total. The van der Waals surface area contributed by atoms with Gasteiger partial charge in [-0.15, -0.1) is 11.3 Å². The average molecular weight is 232 g/mol. The zero-order valence-electron chi connectivity index (χ0n) is 9.20. The molecule has 1 aliphatic rings. The first-order chi connectivity index (χ1) is 7.88. The molecule has 0 aliphatic heterocycles. The van der Waals surface area contributed by atoms with Gasteiger partial charge in [0.1, 0.15) is 0 Å². The Morgan fingerprint density at radius 2 is 2.19 bits per heavy atom. The molecule has 1 saturated carbocycles. The van der Waals surface area contributed by atoms with E-state index in [1.807, 2.05) is 11.3 Å². The lowest BCUT2D eigenvalue weighted by Gasteiger charge is -2.02. The number of hydrogen-bond donors (Lipinski definition) is 2. The molecule has 3 rings (SSSR count). The summed E-state index contributed by atoms with van der Waals surface area (Å²) in [4.78, 5) is 0. The highest BCUT2D eigenvalue weighted by Crippen LogP contribution is 2.29. The van der Waals surface area contributed by atoms with Crippen molar-refractivity contribution in [2.45, 2.75) is 32.0 Å². The van der Waals surface area contributed by atoms with E-state index in [1.54, 1.807) is 0 Å². The minimum Gasteiger partial charge on any atom is -0.326 e. The van der Waals surface area contributed by atoms with Crippen molar-refractivity contribution in [1.82, 2.24) is 5.32 Å². The Balaban J connectivity index is 1.92. The van der Waals surface area contributed by atoms with Crippen LogP contribution in [0.5, 0.6) is 0 Å². The Hall–Kier alpha value is -0.900. The summed E-state index contributed by atoms with van der Waals surface area (Å²) in [5, 5.41) is 7.20. The molecule has 1 aromatic heterocycles. The number of benzene rings is 1. The predicted molar refractivity (Wildman–Crippen MR) is 69.6 cm³/mol. The highest BCUT2D eigenvalue weighted by atomic mass is 32.1. The van der Waals surface area contributed by atoms with Crippen molar-refractivity contribution in [1.29, 1.82) is 0 Å². The van der Waals surface area contributed by atoms with Crippen LogP contribution in [0.2, 0.25) is 0 Å². The SMILES string of the molecule is NCc1cccc2c(CNC3CC3)csc12. The molecule has 2 aromatic rings. The molecule has 1 aliphatic carbocycles. The summed E-state index contributed by atoms with van der Waals surface area (Å²) in [6.07, 6.45) is 2.69. The summed E-state index contributed by atoms with van der Waals surface area (Å²) in [6.45, 7) is 1.63. The molecule has 3 N–H and O–H groups in total. The first-order valence-corrected chi connectivity index (χ1v) is 6.68. The summed E-state index contributed by atoms with van der Waals surface area (Å²) in [5.74, 6) is 0. The lowest BCUT2D eigenvalue weighted by atomic mass is 10.1. The van der Waals surface area contributed by atoms with Crippen molar-refractivity contribution in [3.63, 3.8) is 0 Å². The zero-order chi connectivity index (χ0) is 11.0. The molecule has 1 heterocycles. The standard InChI is InChI=1S/C13H16N2S/c14-6-9-2-1-3-12-10(8-16-13(9)12)7-15-11-4-5-11/h1-3,8,11,15H,4-7,14H2. The van der Waals surface area contributed by atoms with Crippen LogP contribution in [-0.2, 0) is 13.1 Å². The smallest absolute Gasteiger partial charge is 0.0390 e. The van der Waals surface area contributed by atoms with E-state index < -0.39 is 0 Å². The number of rotatable bonds is 4. The van der Waals surface area contributed by atoms with Crippen LogP contribution in [0.4, 0.5) is 0 Å². The third-order valence-corrected chi connectivity index (χ3v) is 4.26. The summed E-state index contributed by atoms with van der Waals surface area (Å²) in [6, 6.07) is 7.21. The van der Waals surface area contributed by atoms with Crippen molar-refractivity contribution >= 4 is 21.4 Å². The summed E-state index contributed by atoms with van der Waals surface area (Å²) in [7, 11) is 0. The van der Waals surface area contributed by atoms with Crippen molar-refractivity contribution in [2.75, 3.05) is 0 Å². The van der Waals surface area contributed by atoms with Crippen LogP contribution in [0.15, 0.2) is 23.6 Å². The lowest BCUT2D eigenvalue weighted by Crippen LogP contribution is -2.14. The molecule has 84 valence electrons. The van der Waals surface area contributed by atoms with Crippen LogP contribution in [0, 0.1) is 0 Å². The number of nitrogens with two attached hydrogens (primary N) is 1. The van der Waals surface area contributed by atoms with Gasteiger partial charge in [0.25, 0.3) is 0 Å². The maximum absolute atomic E-state index is 5.75. The van der Waals surface area contributed by atoms with Gasteiger partial charge in [-0.25, -0.2) is 0 Å². The van der Waals surface area contributed by atoms with Crippen LogP contribution in [0.1, 0.15) is 24.0 Å². The van der Waals surface area contributed by atoms with E-state index >= 15 is 0 Å². The fourth-order valence-corrected chi connectivity index (χ4v) is 3.11. The molecular formula is C13H16N2S. The fraction of sp³-hybridized carbons (Fsp3) is 0.385. The van der Waals surface area contributed by atoms with E-state index in [1.165, 1.54) is 34.1 Å². The van der Waals surface area contributed by atoms with Gasteiger partial charge in [-0.05, 0) is 34.7 Å². The second-order valence-corrected chi connectivity index (χ2v) is 5.29. The molecular weight excluding hydrogens is 216 g/mol. The highest BCUT2D eigenvalue weighted by Gasteiger charge is 2.20. The molecule has 0 atom stereocenters. The first-order valence-electron chi connectivity index (χ1n) is 5.80. The van der Waals surface area contributed by atoms with Crippen LogP contribution in [0.25, 0.3) is 10.1 Å². The normalized spacial score (nSPS) is 15.8. The van der Waals surface area contributed by atoms with Crippen molar-refractivity contribution < 1.29 is 0 Å². The Labute approximate surface area is 99.5 Å². The average Bonchev–Trinajstić information content (AvgIpc) is 3.06. The van der Waals surface area contributed by atoms with Crippen molar-refractivity contribution in [2.24, 2.45) is 5.73 Å². The molecule has 3 heteroatoms. The van der Waals surface area contributed by atoms with E-state index in [0.29, 0.717) is 6.54 Å². The summed E-state index contributed by atoms with van der Waals surface area (Å²) in [5.41, 5.74) is 8.43. The Bertz CT molecular complexity index is 500. The predicted octanol–water partition coefficient (Wildman–Crippen LogP) is 2.61. The van der Waals surface area contributed by atoms with Gasteiger partial charge in [0, 0.05) is 23.8 Å². The largest absolute Gasteiger partial charge is 0.326 e. The van der Waals surface area contributed by atoms with Gasteiger partial charge in [0.05, 0.1) is 0 Å². The van der Waals surface area contributed by atoms with Gasteiger partial charge < -0.3 is 11.1 Å². The maximum Gasteiger partial charge on any atom is 0.0390 e. The quantitative estimate of drug-likeness (QED) is 0.850. The van der Waals surface area contributed by atoms with E-state index in [9.17, 15) is 0 Å². The van der Waals surface area contributed by atoms with Gasteiger partial charge >= 0.3 is 0 Å². The molecule has 16 heavy (non-hydrogen) atoms. The maximum atomic E-state index is 5.75. The van der Waals surface area contributed by atoms with E-state index in [-0.39, 0.29) is 0 Å². The second-order valence-electron chi connectivity index (χ2n) is 4.41. The van der Waals surface area contributed by atoms with Crippen LogP contribution < -0.4 is 11.1 Å². The third kappa shape index (κ3) is 1.86. The Morgan fingerprint density at radius 1 is 1.31 bits per heavy atom. The van der Waals surface area contributed by atoms with Gasteiger partial charge in [0.15, 0.2) is 0 Å². The summed E-state index contributed by atoms with van der Waals surface area (Å²) < 4.78 is 1.36. The first kappa shape index (κ1) is 10.3. The Morgan fingerprint density at radius 3 is 2.94 bits per heavy atom. The molecule has 1 aromatic carbocycles. The van der Waals surface area contributed by atoms with E-state index in [2.05, 4.69) is 28.9 Å². The molecule has 0 unspecified atom stereocenters. The molecule has 0 saturated heterocycles.